The zero-order valence-corrected chi connectivity index (χ0v) is 15.7. The summed E-state index contributed by atoms with van der Waals surface area (Å²) in [6.45, 7) is 10.9. The molecule has 1 aliphatic heterocycles. The van der Waals surface area contributed by atoms with Gasteiger partial charge in [0.25, 0.3) is 0 Å². The highest BCUT2D eigenvalue weighted by Gasteiger charge is 2.20. The largest absolute Gasteiger partial charge is 0.355 e. The molecule has 2 N–H and O–H groups in total. The monoisotopic (exact) mass is 337 g/mol. The maximum Gasteiger partial charge on any atom is 0.191 e. The van der Waals surface area contributed by atoms with Crippen molar-refractivity contribution < 1.29 is 0 Å². The molecule has 0 radical (unpaired) electrons. The minimum atomic E-state index is 0.530. The number of nitrogens with one attached hydrogen (secondary N) is 2. The molecule has 1 aromatic rings. The molecular formula is C17H31N5S. The van der Waals surface area contributed by atoms with E-state index in [0.717, 1.165) is 36.4 Å². The van der Waals surface area contributed by atoms with Crippen molar-refractivity contribution in [1.29, 1.82) is 0 Å². The van der Waals surface area contributed by atoms with Crippen molar-refractivity contribution >= 4 is 17.3 Å². The van der Waals surface area contributed by atoms with Crippen LogP contribution in [0.25, 0.3) is 0 Å². The van der Waals surface area contributed by atoms with E-state index in [4.69, 9.17) is 0 Å². The average molecular weight is 338 g/mol. The maximum atomic E-state index is 4.44. The minimum absolute atomic E-state index is 0.530. The van der Waals surface area contributed by atoms with Crippen LogP contribution in [0.2, 0.25) is 0 Å². The third kappa shape index (κ3) is 5.77. The lowest BCUT2D eigenvalue weighted by molar-refractivity contribution is 0.139. The Morgan fingerprint density at radius 3 is 3.00 bits per heavy atom. The molecule has 2 heterocycles. The SMILES string of the molecule is CCc1cnc(CNC(=NC)NCC(C)N2CCCC(C)C2)s1. The topological polar surface area (TPSA) is 52.6 Å². The van der Waals surface area contributed by atoms with Gasteiger partial charge >= 0.3 is 0 Å². The van der Waals surface area contributed by atoms with E-state index in [-0.39, 0.29) is 0 Å². The Labute approximate surface area is 144 Å². The van der Waals surface area contributed by atoms with Crippen LogP contribution in [-0.4, -0.2) is 48.6 Å². The van der Waals surface area contributed by atoms with Crippen LogP contribution in [-0.2, 0) is 13.0 Å². The number of aromatic nitrogens is 1. The van der Waals surface area contributed by atoms with Crippen molar-refractivity contribution in [2.45, 2.75) is 52.6 Å². The number of guanidine groups is 1. The van der Waals surface area contributed by atoms with Gasteiger partial charge in [0.05, 0.1) is 6.54 Å². The molecule has 2 rings (SSSR count). The maximum absolute atomic E-state index is 4.44. The summed E-state index contributed by atoms with van der Waals surface area (Å²) in [6.07, 6.45) is 5.71. The summed E-state index contributed by atoms with van der Waals surface area (Å²) in [7, 11) is 1.82. The Bertz CT molecular complexity index is 499. The van der Waals surface area contributed by atoms with Crippen LogP contribution in [0, 0.1) is 5.92 Å². The lowest BCUT2D eigenvalue weighted by atomic mass is 9.99. The molecule has 1 fully saturated rings. The van der Waals surface area contributed by atoms with Crippen molar-refractivity contribution in [2.75, 3.05) is 26.7 Å². The molecule has 23 heavy (non-hydrogen) atoms. The van der Waals surface area contributed by atoms with E-state index in [1.54, 1.807) is 11.3 Å². The molecule has 1 aromatic heterocycles. The van der Waals surface area contributed by atoms with Gasteiger partial charge in [0, 0.05) is 37.3 Å². The molecule has 0 aliphatic carbocycles. The lowest BCUT2D eigenvalue weighted by Crippen LogP contribution is -2.48. The third-order valence-electron chi connectivity index (χ3n) is 4.46. The molecule has 2 unspecified atom stereocenters. The van der Waals surface area contributed by atoms with Gasteiger partial charge in [0.1, 0.15) is 5.01 Å². The Kier molecular flexibility index (Phi) is 7.30. The van der Waals surface area contributed by atoms with Crippen LogP contribution in [0.3, 0.4) is 0 Å². The van der Waals surface area contributed by atoms with Crippen LogP contribution in [0.4, 0.5) is 0 Å². The molecule has 130 valence electrons. The Morgan fingerprint density at radius 2 is 2.35 bits per heavy atom. The van der Waals surface area contributed by atoms with Gasteiger partial charge in [-0.25, -0.2) is 4.98 Å². The van der Waals surface area contributed by atoms with Gasteiger partial charge < -0.3 is 10.6 Å². The standard InChI is InChI=1S/C17H31N5S/c1-5-15-10-19-16(23-15)11-21-17(18-4)20-9-14(3)22-8-6-7-13(2)12-22/h10,13-14H,5-9,11-12H2,1-4H3,(H2,18,20,21). The van der Waals surface area contributed by atoms with E-state index in [1.165, 1.54) is 30.8 Å². The highest BCUT2D eigenvalue weighted by Crippen LogP contribution is 2.17. The molecule has 0 aromatic carbocycles. The third-order valence-corrected chi connectivity index (χ3v) is 5.60. The predicted molar refractivity (Wildman–Crippen MR) is 99.1 cm³/mol. The molecule has 6 heteroatoms. The molecule has 0 amide bonds. The van der Waals surface area contributed by atoms with Crippen LogP contribution in [0.1, 0.15) is 43.5 Å². The molecule has 2 atom stereocenters. The smallest absolute Gasteiger partial charge is 0.191 e. The summed E-state index contributed by atoms with van der Waals surface area (Å²) in [5.74, 6) is 1.68. The molecular weight excluding hydrogens is 306 g/mol. The second-order valence-corrected chi connectivity index (χ2v) is 7.67. The molecule has 0 spiro atoms. The fraction of sp³-hybridized carbons (Fsp3) is 0.765. The average Bonchev–Trinajstić information content (AvgIpc) is 3.03. The first-order valence-electron chi connectivity index (χ1n) is 8.74. The van der Waals surface area contributed by atoms with Crippen LogP contribution >= 0.6 is 11.3 Å². The van der Waals surface area contributed by atoms with E-state index in [9.17, 15) is 0 Å². The van der Waals surface area contributed by atoms with Gasteiger partial charge in [0.15, 0.2) is 5.96 Å². The van der Waals surface area contributed by atoms with Crippen molar-refractivity contribution in [1.82, 2.24) is 20.5 Å². The first kappa shape index (κ1) is 18.2. The number of aliphatic imine (C=N–C) groups is 1. The highest BCUT2D eigenvalue weighted by molar-refractivity contribution is 7.11. The van der Waals surface area contributed by atoms with E-state index in [2.05, 4.69) is 46.3 Å². The van der Waals surface area contributed by atoms with Crippen LogP contribution < -0.4 is 10.6 Å². The number of piperidine rings is 1. The van der Waals surface area contributed by atoms with Gasteiger partial charge in [-0.05, 0) is 38.6 Å². The van der Waals surface area contributed by atoms with Gasteiger partial charge in [-0.2, -0.15) is 0 Å². The molecule has 1 aliphatic rings. The second-order valence-electron chi connectivity index (χ2n) is 6.47. The van der Waals surface area contributed by atoms with Crippen LogP contribution in [0.15, 0.2) is 11.2 Å². The van der Waals surface area contributed by atoms with E-state index < -0.39 is 0 Å². The van der Waals surface area contributed by atoms with Crippen molar-refractivity contribution in [3.8, 4) is 0 Å². The number of likely N-dealkylation sites (tertiary alicyclic amines) is 1. The second kappa shape index (κ2) is 9.23. The lowest BCUT2D eigenvalue weighted by Gasteiger charge is -2.35. The van der Waals surface area contributed by atoms with Gasteiger partial charge in [-0.3, -0.25) is 9.89 Å². The molecule has 5 nitrogen and oxygen atoms in total. The zero-order valence-electron chi connectivity index (χ0n) is 14.9. The molecule has 1 saturated heterocycles. The number of hydrogen-bond donors (Lipinski definition) is 2. The van der Waals surface area contributed by atoms with E-state index in [0.29, 0.717) is 6.04 Å². The fourth-order valence-electron chi connectivity index (χ4n) is 2.97. The van der Waals surface area contributed by atoms with Crippen molar-refractivity contribution in [3.63, 3.8) is 0 Å². The predicted octanol–water partition coefficient (Wildman–Crippen LogP) is 2.49. The zero-order chi connectivity index (χ0) is 16.7. The number of rotatable bonds is 6. The Balaban J connectivity index is 1.73. The summed E-state index contributed by atoms with van der Waals surface area (Å²) < 4.78 is 0. The summed E-state index contributed by atoms with van der Waals surface area (Å²) in [4.78, 5) is 12.7. The number of aryl methyl sites for hydroxylation is 1. The quantitative estimate of drug-likeness (QED) is 0.618. The summed E-state index contributed by atoms with van der Waals surface area (Å²) in [5.41, 5.74) is 0. The van der Waals surface area contributed by atoms with Crippen molar-refractivity contribution in [3.05, 3.63) is 16.1 Å². The van der Waals surface area contributed by atoms with E-state index >= 15 is 0 Å². The molecule has 0 bridgehead atoms. The van der Waals surface area contributed by atoms with Crippen molar-refractivity contribution in [2.24, 2.45) is 10.9 Å². The Morgan fingerprint density at radius 1 is 1.52 bits per heavy atom. The van der Waals surface area contributed by atoms with E-state index in [1.807, 2.05) is 13.2 Å². The molecule has 0 saturated carbocycles. The van der Waals surface area contributed by atoms with Crippen LogP contribution in [0.5, 0.6) is 0 Å². The van der Waals surface area contributed by atoms with Gasteiger partial charge in [-0.1, -0.05) is 13.8 Å². The summed E-state index contributed by atoms with van der Waals surface area (Å²) in [6, 6.07) is 0.530. The summed E-state index contributed by atoms with van der Waals surface area (Å²) in [5, 5.41) is 7.92. The Hall–Kier alpha value is -1.14. The first-order chi connectivity index (χ1) is 11.1. The van der Waals surface area contributed by atoms with Gasteiger partial charge in [-0.15, -0.1) is 11.3 Å². The summed E-state index contributed by atoms with van der Waals surface area (Å²) >= 11 is 1.77. The normalized spacial score (nSPS) is 21.2. The number of hydrogen-bond acceptors (Lipinski definition) is 4. The fourth-order valence-corrected chi connectivity index (χ4v) is 3.77. The highest BCUT2D eigenvalue weighted by atomic mass is 32.1. The number of thiazole rings is 1. The minimum Gasteiger partial charge on any atom is -0.355 e. The van der Waals surface area contributed by atoms with Gasteiger partial charge in [0.2, 0.25) is 0 Å². The number of nitrogens with zero attached hydrogens (tertiary/aromatic N) is 3. The first-order valence-corrected chi connectivity index (χ1v) is 9.56.